The standard InChI is InChI=1S/C5H7ClO3S/c1-3(7)10-2-4(6)5(8)9/h4H,2H2,1H3,(H,8,9). The van der Waals surface area contributed by atoms with Crippen LogP contribution in [0.1, 0.15) is 6.92 Å². The Morgan fingerprint density at radius 1 is 1.70 bits per heavy atom. The molecule has 0 saturated heterocycles. The maximum Gasteiger partial charge on any atom is 0.322 e. The first-order valence-electron chi connectivity index (χ1n) is 2.54. The third-order valence-corrected chi connectivity index (χ3v) is 2.13. The fourth-order valence-electron chi connectivity index (χ4n) is 0.262. The minimum absolute atomic E-state index is 0.119. The Labute approximate surface area is 67.7 Å². The van der Waals surface area contributed by atoms with Gasteiger partial charge in [-0.15, -0.1) is 11.6 Å². The van der Waals surface area contributed by atoms with Gasteiger partial charge in [0.05, 0.1) is 0 Å². The van der Waals surface area contributed by atoms with Gasteiger partial charge in [0.15, 0.2) is 5.12 Å². The van der Waals surface area contributed by atoms with Crippen molar-refractivity contribution < 1.29 is 14.7 Å². The smallest absolute Gasteiger partial charge is 0.322 e. The highest BCUT2D eigenvalue weighted by Gasteiger charge is 2.13. The molecule has 1 N–H and O–H groups in total. The van der Waals surface area contributed by atoms with Crippen LogP contribution in [0.25, 0.3) is 0 Å². The van der Waals surface area contributed by atoms with Gasteiger partial charge in [-0.1, -0.05) is 11.8 Å². The molecule has 0 spiro atoms. The van der Waals surface area contributed by atoms with E-state index in [9.17, 15) is 9.59 Å². The Morgan fingerprint density at radius 3 is 2.50 bits per heavy atom. The average molecular weight is 183 g/mol. The van der Waals surface area contributed by atoms with Gasteiger partial charge >= 0.3 is 5.97 Å². The van der Waals surface area contributed by atoms with Crippen LogP contribution in [0, 0.1) is 0 Å². The molecule has 1 atom stereocenters. The van der Waals surface area contributed by atoms with Gasteiger partial charge in [0.25, 0.3) is 0 Å². The van der Waals surface area contributed by atoms with Gasteiger partial charge in [-0.2, -0.15) is 0 Å². The molecule has 3 nitrogen and oxygen atoms in total. The molecule has 1 unspecified atom stereocenters. The third-order valence-electron chi connectivity index (χ3n) is 0.701. The third kappa shape index (κ3) is 4.64. The van der Waals surface area contributed by atoms with Crippen LogP contribution >= 0.6 is 23.4 Å². The van der Waals surface area contributed by atoms with Gasteiger partial charge in [-0.3, -0.25) is 9.59 Å². The molecule has 0 aromatic heterocycles. The minimum Gasteiger partial charge on any atom is -0.480 e. The van der Waals surface area contributed by atoms with E-state index < -0.39 is 11.3 Å². The molecule has 5 heteroatoms. The number of aliphatic carboxylic acids is 1. The molecular formula is C5H7ClO3S. The Bertz CT molecular complexity index is 148. The van der Waals surface area contributed by atoms with Crippen LogP contribution in [0.4, 0.5) is 0 Å². The van der Waals surface area contributed by atoms with Crippen molar-refractivity contribution in [1.82, 2.24) is 0 Å². The summed E-state index contributed by atoms with van der Waals surface area (Å²) < 4.78 is 0. The van der Waals surface area contributed by atoms with E-state index in [1.54, 1.807) is 0 Å². The predicted octanol–water partition coefficient (Wildman–Crippen LogP) is 0.958. The van der Waals surface area contributed by atoms with Crippen molar-refractivity contribution in [2.24, 2.45) is 0 Å². The van der Waals surface area contributed by atoms with Crippen LogP contribution in [-0.2, 0) is 9.59 Å². The first-order valence-corrected chi connectivity index (χ1v) is 3.96. The van der Waals surface area contributed by atoms with Crippen molar-refractivity contribution >= 4 is 34.4 Å². The Hall–Kier alpha value is -0.220. The highest BCUT2D eigenvalue weighted by atomic mass is 35.5. The summed E-state index contributed by atoms with van der Waals surface area (Å²) in [6.45, 7) is 1.37. The molecule has 58 valence electrons. The van der Waals surface area contributed by atoms with Crippen LogP contribution in [-0.4, -0.2) is 27.3 Å². The lowest BCUT2D eigenvalue weighted by Gasteiger charge is -1.99. The van der Waals surface area contributed by atoms with E-state index in [0.29, 0.717) is 0 Å². The Kier molecular flexibility index (Phi) is 4.47. The summed E-state index contributed by atoms with van der Waals surface area (Å²) in [5, 5.41) is 7.16. The second-order valence-electron chi connectivity index (χ2n) is 1.61. The quantitative estimate of drug-likeness (QED) is 0.661. The topological polar surface area (TPSA) is 54.4 Å². The number of carbonyl (C=O) groups excluding carboxylic acids is 1. The summed E-state index contributed by atoms with van der Waals surface area (Å²) in [5.41, 5.74) is 0. The monoisotopic (exact) mass is 182 g/mol. The lowest BCUT2D eigenvalue weighted by Crippen LogP contribution is -2.16. The van der Waals surface area contributed by atoms with Crippen LogP contribution in [0.5, 0.6) is 0 Å². The molecule has 0 fully saturated rings. The molecular weight excluding hydrogens is 176 g/mol. The first kappa shape index (κ1) is 9.78. The predicted molar refractivity (Wildman–Crippen MR) is 40.4 cm³/mol. The molecule has 0 saturated carbocycles. The summed E-state index contributed by atoms with van der Waals surface area (Å²) in [4.78, 5) is 20.3. The number of halogens is 1. The number of carboxylic acid groups (broad SMARTS) is 1. The number of carboxylic acids is 1. The molecule has 0 aliphatic heterocycles. The largest absolute Gasteiger partial charge is 0.480 e. The summed E-state index contributed by atoms with van der Waals surface area (Å²) in [5.74, 6) is -0.956. The number of hydrogen-bond acceptors (Lipinski definition) is 3. The molecule has 0 bridgehead atoms. The van der Waals surface area contributed by atoms with Crippen molar-refractivity contribution in [2.45, 2.75) is 12.3 Å². The van der Waals surface area contributed by atoms with E-state index >= 15 is 0 Å². The van der Waals surface area contributed by atoms with Crippen molar-refractivity contribution in [2.75, 3.05) is 5.75 Å². The lowest BCUT2D eigenvalue weighted by molar-refractivity contribution is -0.136. The van der Waals surface area contributed by atoms with Crippen molar-refractivity contribution in [1.29, 1.82) is 0 Å². The van der Waals surface area contributed by atoms with Crippen molar-refractivity contribution in [3.8, 4) is 0 Å². The first-order chi connectivity index (χ1) is 4.54. The molecule has 0 rings (SSSR count). The fourth-order valence-corrected chi connectivity index (χ4v) is 0.974. The molecule has 0 heterocycles. The number of carbonyl (C=O) groups is 2. The van der Waals surface area contributed by atoms with E-state index in [4.69, 9.17) is 16.7 Å². The van der Waals surface area contributed by atoms with Gasteiger partial charge in [-0.25, -0.2) is 0 Å². The molecule has 0 amide bonds. The highest BCUT2D eigenvalue weighted by molar-refractivity contribution is 8.13. The summed E-state index contributed by atoms with van der Waals surface area (Å²) in [7, 11) is 0. The Balaban J connectivity index is 3.49. The van der Waals surface area contributed by atoms with E-state index in [1.807, 2.05) is 0 Å². The average Bonchev–Trinajstić information content (AvgIpc) is 1.82. The van der Waals surface area contributed by atoms with E-state index in [0.717, 1.165) is 11.8 Å². The van der Waals surface area contributed by atoms with Crippen LogP contribution < -0.4 is 0 Å². The maximum atomic E-state index is 10.3. The zero-order chi connectivity index (χ0) is 8.15. The SMILES string of the molecule is CC(=O)SCC(Cl)C(=O)O. The van der Waals surface area contributed by atoms with Crippen LogP contribution in [0.15, 0.2) is 0 Å². The van der Waals surface area contributed by atoms with Gasteiger partial charge < -0.3 is 5.11 Å². The Morgan fingerprint density at radius 2 is 2.20 bits per heavy atom. The fraction of sp³-hybridized carbons (Fsp3) is 0.600. The van der Waals surface area contributed by atoms with Crippen LogP contribution in [0.2, 0.25) is 0 Å². The summed E-state index contributed by atoms with van der Waals surface area (Å²) in [6, 6.07) is 0. The summed E-state index contributed by atoms with van der Waals surface area (Å²) in [6.07, 6.45) is 0. The molecule has 0 aliphatic carbocycles. The minimum atomic E-state index is -1.09. The van der Waals surface area contributed by atoms with Crippen molar-refractivity contribution in [3.05, 3.63) is 0 Å². The molecule has 0 aliphatic rings. The maximum absolute atomic E-state index is 10.3. The highest BCUT2D eigenvalue weighted by Crippen LogP contribution is 2.08. The summed E-state index contributed by atoms with van der Waals surface area (Å²) >= 11 is 6.20. The number of thioether (sulfide) groups is 1. The molecule has 10 heavy (non-hydrogen) atoms. The molecule has 0 aromatic rings. The van der Waals surface area contributed by atoms with Gasteiger partial charge in [0.2, 0.25) is 0 Å². The number of rotatable bonds is 3. The van der Waals surface area contributed by atoms with Crippen molar-refractivity contribution in [3.63, 3.8) is 0 Å². The molecule has 0 aromatic carbocycles. The lowest BCUT2D eigenvalue weighted by atomic mass is 10.5. The van der Waals surface area contributed by atoms with E-state index in [2.05, 4.69) is 0 Å². The zero-order valence-electron chi connectivity index (χ0n) is 5.33. The van der Waals surface area contributed by atoms with Gasteiger partial charge in [0, 0.05) is 12.7 Å². The van der Waals surface area contributed by atoms with E-state index in [1.165, 1.54) is 6.92 Å². The second kappa shape index (κ2) is 4.57. The number of alkyl halides is 1. The second-order valence-corrected chi connectivity index (χ2v) is 3.33. The van der Waals surface area contributed by atoms with Gasteiger partial charge in [0.1, 0.15) is 5.38 Å². The molecule has 0 radical (unpaired) electrons. The van der Waals surface area contributed by atoms with Gasteiger partial charge in [-0.05, 0) is 0 Å². The van der Waals surface area contributed by atoms with Crippen LogP contribution in [0.3, 0.4) is 0 Å². The number of hydrogen-bond donors (Lipinski definition) is 1. The van der Waals surface area contributed by atoms with E-state index in [-0.39, 0.29) is 10.9 Å². The zero-order valence-corrected chi connectivity index (χ0v) is 6.91. The normalized spacial score (nSPS) is 12.6.